The highest BCUT2D eigenvalue weighted by molar-refractivity contribution is 6.23. The fourth-order valence-electron chi connectivity index (χ4n) is 3.33. The smallest absolute Gasteiger partial charge is 0.341 e. The lowest BCUT2D eigenvalue weighted by molar-refractivity contribution is -0.123. The molecule has 20 heavy (non-hydrogen) atoms. The molecule has 2 fully saturated rings. The number of aromatic nitrogens is 2. The van der Waals surface area contributed by atoms with Gasteiger partial charge in [-0.05, 0) is 18.8 Å². The van der Waals surface area contributed by atoms with Gasteiger partial charge in [-0.25, -0.2) is 9.69 Å². The van der Waals surface area contributed by atoms with Gasteiger partial charge in [0, 0.05) is 7.05 Å². The highest BCUT2D eigenvalue weighted by atomic mass is 16.4. The summed E-state index contributed by atoms with van der Waals surface area (Å²) >= 11 is 0. The summed E-state index contributed by atoms with van der Waals surface area (Å²) < 4.78 is 1.27. The second-order valence-corrected chi connectivity index (χ2v) is 5.61. The molecule has 2 aliphatic rings. The largest absolute Gasteiger partial charge is 0.477 e. The molecular weight excluding hydrogens is 262 g/mol. The summed E-state index contributed by atoms with van der Waals surface area (Å²) in [4.78, 5) is 37.1. The molecular formula is C13H15N3O4. The van der Waals surface area contributed by atoms with Gasteiger partial charge in [0.2, 0.25) is 11.8 Å². The van der Waals surface area contributed by atoms with Crippen LogP contribution in [0.3, 0.4) is 0 Å². The normalized spacial score (nSPS) is 29.1. The molecule has 0 spiro atoms. The molecule has 1 aromatic heterocycles. The first-order chi connectivity index (χ1) is 9.41. The number of hydrogen-bond acceptors (Lipinski definition) is 4. The molecule has 1 saturated carbocycles. The van der Waals surface area contributed by atoms with Crippen LogP contribution >= 0.6 is 0 Å². The van der Waals surface area contributed by atoms with E-state index in [1.165, 1.54) is 11.7 Å². The van der Waals surface area contributed by atoms with Gasteiger partial charge in [-0.1, -0.05) is 6.92 Å². The fraction of sp³-hybridized carbons (Fsp3) is 0.538. The average molecular weight is 277 g/mol. The van der Waals surface area contributed by atoms with Crippen molar-refractivity contribution >= 4 is 23.6 Å². The zero-order valence-electron chi connectivity index (χ0n) is 11.2. The Balaban J connectivity index is 2.05. The van der Waals surface area contributed by atoms with Gasteiger partial charge in [0.25, 0.3) is 0 Å². The van der Waals surface area contributed by atoms with E-state index in [0.29, 0.717) is 18.8 Å². The van der Waals surface area contributed by atoms with Crippen molar-refractivity contribution in [2.75, 3.05) is 4.90 Å². The number of carbonyl (C=O) groups is 3. The average Bonchev–Trinajstić information content (AvgIpc) is 2.98. The Kier molecular flexibility index (Phi) is 2.67. The van der Waals surface area contributed by atoms with E-state index in [0.717, 1.165) is 11.1 Å². The maximum Gasteiger partial charge on any atom is 0.341 e. The van der Waals surface area contributed by atoms with Crippen molar-refractivity contribution in [1.82, 2.24) is 9.78 Å². The van der Waals surface area contributed by atoms with Crippen LogP contribution < -0.4 is 4.90 Å². The second-order valence-electron chi connectivity index (χ2n) is 5.61. The van der Waals surface area contributed by atoms with Crippen LogP contribution in [0.4, 0.5) is 5.82 Å². The molecule has 1 N–H and O–H groups in total. The van der Waals surface area contributed by atoms with E-state index in [4.69, 9.17) is 5.11 Å². The van der Waals surface area contributed by atoms with Gasteiger partial charge in [-0.15, -0.1) is 0 Å². The van der Waals surface area contributed by atoms with Crippen LogP contribution in [-0.2, 0) is 16.6 Å². The van der Waals surface area contributed by atoms with Gasteiger partial charge in [0.15, 0.2) is 5.82 Å². The lowest BCUT2D eigenvalue weighted by Crippen LogP contribution is -2.34. The molecule has 0 radical (unpaired) electrons. The third kappa shape index (κ3) is 1.59. The molecule has 0 aromatic carbocycles. The van der Waals surface area contributed by atoms with Gasteiger partial charge in [-0.2, -0.15) is 5.10 Å². The van der Waals surface area contributed by atoms with Crippen molar-refractivity contribution < 1.29 is 19.5 Å². The summed E-state index contributed by atoms with van der Waals surface area (Å²) in [5.41, 5.74) is -0.123. The van der Waals surface area contributed by atoms with Crippen LogP contribution in [0, 0.1) is 17.8 Å². The quantitative estimate of drug-likeness (QED) is 0.801. The third-order valence-corrected chi connectivity index (χ3v) is 4.22. The molecule has 3 rings (SSSR count). The summed E-state index contributed by atoms with van der Waals surface area (Å²) in [6, 6.07) is 0. The maximum atomic E-state index is 12.4. The predicted octanol–water partition coefficient (Wildman–Crippen LogP) is 0.654. The summed E-state index contributed by atoms with van der Waals surface area (Å²) in [6.07, 6.45) is 2.53. The van der Waals surface area contributed by atoms with Crippen molar-refractivity contribution in [3.8, 4) is 0 Å². The standard InChI is InChI=1S/C13H15N3O4/c1-6-3-7-8(4-6)12(18)16(11(7)17)10-9(13(19)20)5-14-15(10)2/h5-8H,3-4H2,1-2H3,(H,19,20). The lowest BCUT2D eigenvalue weighted by Gasteiger charge is -2.17. The summed E-state index contributed by atoms with van der Waals surface area (Å²) in [5.74, 6) is -1.99. The van der Waals surface area contributed by atoms with Crippen molar-refractivity contribution in [3.63, 3.8) is 0 Å². The van der Waals surface area contributed by atoms with Gasteiger partial charge >= 0.3 is 5.97 Å². The number of nitrogens with zero attached hydrogens (tertiary/aromatic N) is 3. The highest BCUT2D eigenvalue weighted by Gasteiger charge is 2.53. The molecule has 7 heteroatoms. The van der Waals surface area contributed by atoms with Crippen molar-refractivity contribution in [3.05, 3.63) is 11.8 Å². The SMILES string of the molecule is CC1CC2C(=O)N(c3c(C(=O)O)cnn3C)C(=O)C2C1. The monoisotopic (exact) mass is 277 g/mol. The third-order valence-electron chi connectivity index (χ3n) is 4.22. The van der Waals surface area contributed by atoms with Crippen LogP contribution in [0.5, 0.6) is 0 Å². The zero-order chi connectivity index (χ0) is 14.6. The highest BCUT2D eigenvalue weighted by Crippen LogP contribution is 2.44. The number of fused-ring (bicyclic) bond motifs is 1. The number of carboxylic acid groups (broad SMARTS) is 1. The number of aryl methyl sites for hydroxylation is 1. The van der Waals surface area contributed by atoms with Crippen molar-refractivity contribution in [1.29, 1.82) is 0 Å². The number of amides is 2. The topological polar surface area (TPSA) is 92.5 Å². The fourth-order valence-corrected chi connectivity index (χ4v) is 3.33. The van der Waals surface area contributed by atoms with Crippen LogP contribution in [0.1, 0.15) is 30.1 Å². The van der Waals surface area contributed by atoms with Gasteiger partial charge in [-0.3, -0.25) is 14.3 Å². The van der Waals surface area contributed by atoms with E-state index >= 15 is 0 Å². The number of carboxylic acids is 1. The Labute approximate surface area is 115 Å². The Bertz CT molecular complexity index is 597. The van der Waals surface area contributed by atoms with E-state index in [1.807, 2.05) is 6.92 Å². The van der Waals surface area contributed by atoms with Crippen LogP contribution in [0.15, 0.2) is 6.20 Å². The van der Waals surface area contributed by atoms with E-state index in [9.17, 15) is 14.4 Å². The molecule has 106 valence electrons. The van der Waals surface area contributed by atoms with E-state index in [-0.39, 0.29) is 35.0 Å². The molecule has 2 atom stereocenters. The van der Waals surface area contributed by atoms with Gasteiger partial charge < -0.3 is 5.11 Å². The molecule has 2 unspecified atom stereocenters. The molecule has 1 aromatic rings. The van der Waals surface area contributed by atoms with Crippen LogP contribution in [0.25, 0.3) is 0 Å². The summed E-state index contributed by atoms with van der Waals surface area (Å²) in [7, 11) is 1.53. The number of carbonyl (C=O) groups excluding carboxylic acids is 2. The maximum absolute atomic E-state index is 12.4. The van der Waals surface area contributed by atoms with E-state index in [1.54, 1.807) is 0 Å². The minimum absolute atomic E-state index is 0.0644. The van der Waals surface area contributed by atoms with Crippen LogP contribution in [-0.4, -0.2) is 32.7 Å². The van der Waals surface area contributed by atoms with E-state index in [2.05, 4.69) is 5.10 Å². The number of aromatic carboxylic acids is 1. The first-order valence-corrected chi connectivity index (χ1v) is 6.55. The number of imide groups is 1. The number of anilines is 1. The molecule has 7 nitrogen and oxygen atoms in total. The van der Waals surface area contributed by atoms with Gasteiger partial charge in [0.1, 0.15) is 5.56 Å². The predicted molar refractivity (Wildman–Crippen MR) is 68.0 cm³/mol. The Hall–Kier alpha value is -2.18. The summed E-state index contributed by atoms with van der Waals surface area (Å²) in [5, 5.41) is 13.0. The Morgan fingerprint density at radius 2 is 1.85 bits per heavy atom. The van der Waals surface area contributed by atoms with Gasteiger partial charge in [0.05, 0.1) is 18.0 Å². The minimum atomic E-state index is -1.20. The molecule has 1 saturated heterocycles. The lowest BCUT2D eigenvalue weighted by atomic mass is 10.00. The first-order valence-electron chi connectivity index (χ1n) is 6.55. The van der Waals surface area contributed by atoms with E-state index < -0.39 is 5.97 Å². The Morgan fingerprint density at radius 1 is 1.30 bits per heavy atom. The Morgan fingerprint density at radius 3 is 2.35 bits per heavy atom. The second kappa shape index (κ2) is 4.16. The molecule has 2 heterocycles. The first kappa shape index (κ1) is 12.8. The zero-order valence-corrected chi connectivity index (χ0v) is 11.2. The number of hydrogen-bond donors (Lipinski definition) is 1. The van der Waals surface area contributed by atoms with Crippen molar-refractivity contribution in [2.24, 2.45) is 24.8 Å². The molecule has 0 bridgehead atoms. The molecule has 1 aliphatic carbocycles. The number of rotatable bonds is 2. The van der Waals surface area contributed by atoms with Crippen molar-refractivity contribution in [2.45, 2.75) is 19.8 Å². The summed E-state index contributed by atoms with van der Waals surface area (Å²) in [6.45, 7) is 2.02. The molecule has 1 aliphatic heterocycles. The van der Waals surface area contributed by atoms with Crippen LogP contribution in [0.2, 0.25) is 0 Å². The molecule has 2 amide bonds. The minimum Gasteiger partial charge on any atom is -0.477 e.